The number of benzene rings is 3. The van der Waals surface area contributed by atoms with E-state index < -0.39 is 0 Å². The lowest BCUT2D eigenvalue weighted by molar-refractivity contribution is -0.134. The fourth-order valence-corrected chi connectivity index (χ4v) is 2.84. The van der Waals surface area contributed by atoms with Crippen LogP contribution in [0.5, 0.6) is 5.75 Å². The van der Waals surface area contributed by atoms with Gasteiger partial charge in [-0.3, -0.25) is 4.79 Å². The van der Waals surface area contributed by atoms with Gasteiger partial charge in [-0.05, 0) is 46.7 Å². The summed E-state index contributed by atoms with van der Waals surface area (Å²) < 4.78 is 5.45. The molecule has 2 heteroatoms. The standard InChI is InChI=1S/C24H24O2/c1-18(2)20-11-8-19(9-12-20)10-17-24(25)26-23-15-13-22(14-16-23)21-6-4-3-5-7-21/h3-9,11-16,18H,10,17H2,1-2H3. The monoisotopic (exact) mass is 344 g/mol. The highest BCUT2D eigenvalue weighted by atomic mass is 16.5. The molecule has 0 N–H and O–H groups in total. The van der Waals surface area contributed by atoms with Crippen molar-refractivity contribution in [1.82, 2.24) is 0 Å². The van der Waals surface area contributed by atoms with Crippen LogP contribution >= 0.6 is 0 Å². The second-order valence-corrected chi connectivity index (χ2v) is 6.76. The summed E-state index contributed by atoms with van der Waals surface area (Å²) in [6.45, 7) is 4.35. The third kappa shape index (κ3) is 4.82. The van der Waals surface area contributed by atoms with E-state index in [1.54, 1.807) is 0 Å². The summed E-state index contributed by atoms with van der Waals surface area (Å²) in [4.78, 5) is 12.1. The summed E-state index contributed by atoms with van der Waals surface area (Å²) >= 11 is 0. The third-order valence-corrected chi connectivity index (χ3v) is 4.46. The molecule has 0 spiro atoms. The molecular weight excluding hydrogens is 320 g/mol. The topological polar surface area (TPSA) is 26.3 Å². The molecule has 3 aromatic rings. The van der Waals surface area contributed by atoms with Crippen LogP contribution in [0.15, 0.2) is 78.9 Å². The van der Waals surface area contributed by atoms with E-state index in [-0.39, 0.29) is 5.97 Å². The van der Waals surface area contributed by atoms with E-state index in [2.05, 4.69) is 50.2 Å². The summed E-state index contributed by atoms with van der Waals surface area (Å²) in [6.07, 6.45) is 1.07. The lowest BCUT2D eigenvalue weighted by Gasteiger charge is -2.08. The SMILES string of the molecule is CC(C)c1ccc(CCC(=O)Oc2ccc(-c3ccccc3)cc2)cc1. The zero-order valence-corrected chi connectivity index (χ0v) is 15.3. The van der Waals surface area contributed by atoms with Crippen molar-refractivity contribution in [2.45, 2.75) is 32.6 Å². The number of carbonyl (C=O) groups is 1. The Morgan fingerprint density at radius 3 is 2.04 bits per heavy atom. The van der Waals surface area contributed by atoms with Crippen molar-refractivity contribution >= 4 is 5.97 Å². The molecule has 132 valence electrons. The molecule has 0 saturated heterocycles. The maximum atomic E-state index is 12.1. The summed E-state index contributed by atoms with van der Waals surface area (Å²) in [5.74, 6) is 0.906. The molecule has 2 nitrogen and oxygen atoms in total. The first-order chi connectivity index (χ1) is 12.6. The maximum Gasteiger partial charge on any atom is 0.311 e. The predicted molar refractivity (Wildman–Crippen MR) is 106 cm³/mol. The van der Waals surface area contributed by atoms with Crippen molar-refractivity contribution in [2.75, 3.05) is 0 Å². The fraction of sp³-hybridized carbons (Fsp3) is 0.208. The maximum absolute atomic E-state index is 12.1. The van der Waals surface area contributed by atoms with Crippen molar-refractivity contribution < 1.29 is 9.53 Å². The molecule has 26 heavy (non-hydrogen) atoms. The average molecular weight is 344 g/mol. The Balaban J connectivity index is 1.53. The van der Waals surface area contributed by atoms with Crippen LogP contribution in [0.1, 0.15) is 37.3 Å². The van der Waals surface area contributed by atoms with Crippen LogP contribution in [0.3, 0.4) is 0 Å². The molecule has 0 amide bonds. The highest BCUT2D eigenvalue weighted by molar-refractivity contribution is 5.73. The van der Waals surface area contributed by atoms with E-state index in [0.717, 1.165) is 16.7 Å². The van der Waals surface area contributed by atoms with Crippen molar-refractivity contribution in [2.24, 2.45) is 0 Å². The van der Waals surface area contributed by atoms with Gasteiger partial charge in [0.25, 0.3) is 0 Å². The van der Waals surface area contributed by atoms with Crippen molar-refractivity contribution in [1.29, 1.82) is 0 Å². The normalized spacial score (nSPS) is 10.7. The van der Waals surface area contributed by atoms with Gasteiger partial charge in [0.15, 0.2) is 0 Å². The molecule has 0 atom stereocenters. The van der Waals surface area contributed by atoms with E-state index in [4.69, 9.17) is 4.74 Å². The van der Waals surface area contributed by atoms with E-state index >= 15 is 0 Å². The Bertz CT molecular complexity index is 832. The number of hydrogen-bond donors (Lipinski definition) is 0. The molecule has 0 radical (unpaired) electrons. The quantitative estimate of drug-likeness (QED) is 0.404. The van der Waals surface area contributed by atoms with Gasteiger partial charge in [0.05, 0.1) is 0 Å². The van der Waals surface area contributed by atoms with Gasteiger partial charge < -0.3 is 4.74 Å². The molecule has 3 rings (SSSR count). The molecule has 0 saturated carbocycles. The van der Waals surface area contributed by atoms with Crippen LogP contribution in [0.25, 0.3) is 11.1 Å². The Morgan fingerprint density at radius 1 is 0.808 bits per heavy atom. The molecule has 0 aliphatic heterocycles. The Hall–Kier alpha value is -2.87. The highest BCUT2D eigenvalue weighted by Gasteiger charge is 2.07. The first kappa shape index (κ1) is 17.9. The van der Waals surface area contributed by atoms with Crippen molar-refractivity contribution in [3.63, 3.8) is 0 Å². The number of carbonyl (C=O) groups excluding carboxylic acids is 1. The van der Waals surface area contributed by atoms with Gasteiger partial charge in [0.1, 0.15) is 5.75 Å². The number of ether oxygens (including phenoxy) is 1. The number of hydrogen-bond acceptors (Lipinski definition) is 2. The highest BCUT2D eigenvalue weighted by Crippen LogP contribution is 2.22. The Kier molecular flexibility index (Phi) is 5.85. The van der Waals surface area contributed by atoms with Crippen molar-refractivity contribution in [3.05, 3.63) is 90.0 Å². The minimum absolute atomic E-state index is 0.203. The molecule has 0 bridgehead atoms. The predicted octanol–water partition coefficient (Wildman–Crippen LogP) is 6.02. The van der Waals surface area contributed by atoms with E-state index in [0.29, 0.717) is 24.5 Å². The number of aryl methyl sites for hydroxylation is 1. The number of rotatable bonds is 6. The first-order valence-electron chi connectivity index (χ1n) is 9.07. The van der Waals surface area contributed by atoms with E-state index in [1.807, 2.05) is 42.5 Å². The Labute approximate surface area is 155 Å². The van der Waals surface area contributed by atoms with Crippen LogP contribution in [0.4, 0.5) is 0 Å². The smallest absolute Gasteiger partial charge is 0.311 e. The van der Waals surface area contributed by atoms with Gasteiger partial charge in [-0.15, -0.1) is 0 Å². The summed E-state index contributed by atoms with van der Waals surface area (Å²) in [5, 5.41) is 0. The molecule has 3 aromatic carbocycles. The second-order valence-electron chi connectivity index (χ2n) is 6.76. The van der Waals surface area contributed by atoms with Gasteiger partial charge in [0.2, 0.25) is 0 Å². The van der Waals surface area contributed by atoms with Crippen LogP contribution in [0.2, 0.25) is 0 Å². The van der Waals surface area contributed by atoms with Gasteiger partial charge >= 0.3 is 5.97 Å². The van der Waals surface area contributed by atoms with Gasteiger partial charge in [-0.2, -0.15) is 0 Å². The van der Waals surface area contributed by atoms with Crippen molar-refractivity contribution in [3.8, 4) is 16.9 Å². The number of esters is 1. The minimum Gasteiger partial charge on any atom is -0.427 e. The van der Waals surface area contributed by atoms with Gasteiger partial charge in [-0.25, -0.2) is 0 Å². The third-order valence-electron chi connectivity index (χ3n) is 4.46. The molecule has 0 aromatic heterocycles. The molecule has 0 fully saturated rings. The lowest BCUT2D eigenvalue weighted by Crippen LogP contribution is -2.09. The first-order valence-corrected chi connectivity index (χ1v) is 9.07. The van der Waals surface area contributed by atoms with Crippen LogP contribution < -0.4 is 4.74 Å². The van der Waals surface area contributed by atoms with Crippen LogP contribution in [-0.4, -0.2) is 5.97 Å². The molecular formula is C24H24O2. The fourth-order valence-electron chi connectivity index (χ4n) is 2.84. The minimum atomic E-state index is -0.203. The largest absolute Gasteiger partial charge is 0.427 e. The van der Waals surface area contributed by atoms with E-state index in [9.17, 15) is 4.79 Å². The Morgan fingerprint density at radius 2 is 1.42 bits per heavy atom. The lowest BCUT2D eigenvalue weighted by atomic mass is 10.0. The zero-order valence-electron chi connectivity index (χ0n) is 15.3. The molecule has 0 aliphatic carbocycles. The summed E-state index contributed by atoms with van der Waals surface area (Å²) in [6, 6.07) is 26.2. The van der Waals surface area contributed by atoms with Gasteiger partial charge in [-0.1, -0.05) is 80.6 Å². The van der Waals surface area contributed by atoms with Crippen LogP contribution in [-0.2, 0) is 11.2 Å². The summed E-state index contributed by atoms with van der Waals surface area (Å²) in [5.41, 5.74) is 4.73. The zero-order chi connectivity index (χ0) is 18.4. The molecule has 0 heterocycles. The second kappa shape index (κ2) is 8.48. The van der Waals surface area contributed by atoms with E-state index in [1.165, 1.54) is 5.56 Å². The van der Waals surface area contributed by atoms with Gasteiger partial charge in [0, 0.05) is 6.42 Å². The average Bonchev–Trinajstić information content (AvgIpc) is 2.68. The molecule has 0 unspecified atom stereocenters. The summed E-state index contributed by atoms with van der Waals surface area (Å²) in [7, 11) is 0. The molecule has 0 aliphatic rings. The van der Waals surface area contributed by atoms with Crippen LogP contribution in [0, 0.1) is 0 Å².